The van der Waals surface area contributed by atoms with Crippen LogP contribution >= 0.6 is 31.9 Å². The maximum absolute atomic E-state index is 6.26. The van der Waals surface area contributed by atoms with Crippen LogP contribution in [0.2, 0.25) is 0 Å². The molecule has 0 amide bonds. The number of hydrogen-bond acceptors (Lipinski definition) is 3. The van der Waals surface area contributed by atoms with Gasteiger partial charge in [-0.1, -0.05) is 0 Å². The summed E-state index contributed by atoms with van der Waals surface area (Å²) in [6.07, 6.45) is 3.50. The fourth-order valence-corrected chi connectivity index (χ4v) is 2.73. The van der Waals surface area contributed by atoms with Gasteiger partial charge in [0.1, 0.15) is 0 Å². The maximum Gasteiger partial charge on any atom is 0.0920 e. The fraction of sp³-hybridized carbons (Fsp3) is 0.273. The fourth-order valence-electron chi connectivity index (χ4n) is 1.69. The smallest absolute Gasteiger partial charge is 0.0920 e. The minimum atomic E-state index is -0.303. The molecule has 4 nitrogen and oxygen atoms in total. The van der Waals surface area contributed by atoms with E-state index in [-0.39, 0.29) is 6.04 Å². The molecule has 2 heterocycles. The molecule has 0 saturated heterocycles. The van der Waals surface area contributed by atoms with Gasteiger partial charge in [-0.3, -0.25) is 9.67 Å². The Morgan fingerprint density at radius 2 is 2.18 bits per heavy atom. The molecule has 2 rings (SSSR count). The molecule has 2 aromatic rings. The van der Waals surface area contributed by atoms with Crippen LogP contribution in [0.1, 0.15) is 24.4 Å². The number of nitrogens with zero attached hydrogens (tertiary/aromatic N) is 3. The normalized spacial score (nSPS) is 12.7. The second kappa shape index (κ2) is 5.29. The Morgan fingerprint density at radius 3 is 2.82 bits per heavy atom. The van der Waals surface area contributed by atoms with E-state index in [0.717, 1.165) is 26.9 Å². The van der Waals surface area contributed by atoms with Crippen LogP contribution in [0.15, 0.2) is 33.5 Å². The number of aromatic nitrogens is 3. The highest BCUT2D eigenvalue weighted by Crippen LogP contribution is 2.29. The summed E-state index contributed by atoms with van der Waals surface area (Å²) in [6.45, 7) is 2.81. The van der Waals surface area contributed by atoms with Crippen molar-refractivity contribution in [3.63, 3.8) is 0 Å². The first-order valence-corrected chi connectivity index (χ1v) is 6.81. The third kappa shape index (κ3) is 2.43. The third-order valence-electron chi connectivity index (χ3n) is 2.51. The summed E-state index contributed by atoms with van der Waals surface area (Å²) in [5, 5.41) is 4.26. The molecule has 0 aliphatic carbocycles. The second-order valence-electron chi connectivity index (χ2n) is 3.54. The van der Waals surface area contributed by atoms with Crippen molar-refractivity contribution in [1.29, 1.82) is 0 Å². The largest absolute Gasteiger partial charge is 0.318 e. The van der Waals surface area contributed by atoms with Crippen molar-refractivity contribution in [2.24, 2.45) is 5.73 Å². The van der Waals surface area contributed by atoms with Crippen molar-refractivity contribution in [2.75, 3.05) is 0 Å². The van der Waals surface area contributed by atoms with Gasteiger partial charge in [-0.2, -0.15) is 5.10 Å². The Morgan fingerprint density at radius 1 is 1.41 bits per heavy atom. The van der Waals surface area contributed by atoms with Crippen LogP contribution in [-0.2, 0) is 6.54 Å². The van der Waals surface area contributed by atoms with E-state index in [1.54, 1.807) is 12.4 Å². The summed E-state index contributed by atoms with van der Waals surface area (Å²) >= 11 is 6.94. The van der Waals surface area contributed by atoms with E-state index in [1.807, 2.05) is 23.7 Å². The summed E-state index contributed by atoms with van der Waals surface area (Å²) in [5.74, 6) is 0. The molecule has 0 spiro atoms. The SMILES string of the molecule is CCn1ncc(Br)c1C(N)c1ncccc1Br. The summed E-state index contributed by atoms with van der Waals surface area (Å²) in [4.78, 5) is 4.32. The number of hydrogen-bond donors (Lipinski definition) is 1. The van der Waals surface area contributed by atoms with Gasteiger partial charge < -0.3 is 5.73 Å². The minimum absolute atomic E-state index is 0.303. The zero-order valence-corrected chi connectivity index (χ0v) is 12.4. The second-order valence-corrected chi connectivity index (χ2v) is 5.25. The van der Waals surface area contributed by atoms with Crippen LogP contribution in [-0.4, -0.2) is 14.8 Å². The van der Waals surface area contributed by atoms with Gasteiger partial charge in [0.25, 0.3) is 0 Å². The van der Waals surface area contributed by atoms with Gasteiger partial charge in [-0.05, 0) is 50.9 Å². The molecular formula is C11H12Br2N4. The molecular weight excluding hydrogens is 348 g/mol. The maximum atomic E-state index is 6.26. The van der Waals surface area contributed by atoms with Gasteiger partial charge in [-0.25, -0.2) is 0 Å². The zero-order valence-electron chi connectivity index (χ0n) is 9.27. The van der Waals surface area contributed by atoms with Crippen LogP contribution in [0, 0.1) is 0 Å². The topological polar surface area (TPSA) is 56.7 Å². The van der Waals surface area contributed by atoms with Crippen LogP contribution in [0.5, 0.6) is 0 Å². The van der Waals surface area contributed by atoms with Crippen LogP contribution < -0.4 is 5.73 Å². The summed E-state index contributed by atoms with van der Waals surface area (Å²) in [7, 11) is 0. The van der Waals surface area contributed by atoms with E-state index in [4.69, 9.17) is 5.73 Å². The van der Waals surface area contributed by atoms with E-state index < -0.39 is 0 Å². The predicted octanol–water partition coefficient (Wildman–Crippen LogP) is 2.87. The molecule has 0 fully saturated rings. The molecule has 6 heteroatoms. The summed E-state index contributed by atoms with van der Waals surface area (Å²) in [5.41, 5.74) is 8.00. The zero-order chi connectivity index (χ0) is 12.4. The lowest BCUT2D eigenvalue weighted by molar-refractivity contribution is 0.594. The van der Waals surface area contributed by atoms with Crippen LogP contribution in [0.4, 0.5) is 0 Å². The number of pyridine rings is 1. The Hall–Kier alpha value is -0.720. The highest BCUT2D eigenvalue weighted by atomic mass is 79.9. The molecule has 0 saturated carbocycles. The van der Waals surface area contributed by atoms with Gasteiger partial charge in [0.05, 0.1) is 28.1 Å². The Bertz CT molecular complexity index is 524. The van der Waals surface area contributed by atoms with E-state index in [0.29, 0.717) is 0 Å². The summed E-state index contributed by atoms with van der Waals surface area (Å²) < 4.78 is 3.68. The molecule has 0 bridgehead atoms. The average Bonchev–Trinajstić information content (AvgIpc) is 2.70. The Labute approximate surface area is 116 Å². The lowest BCUT2D eigenvalue weighted by Gasteiger charge is -2.15. The van der Waals surface area contributed by atoms with Crippen LogP contribution in [0.25, 0.3) is 0 Å². The molecule has 0 radical (unpaired) electrons. The van der Waals surface area contributed by atoms with Crippen molar-refractivity contribution < 1.29 is 0 Å². The molecule has 2 N–H and O–H groups in total. The third-order valence-corrected chi connectivity index (χ3v) is 3.79. The van der Waals surface area contributed by atoms with Gasteiger partial charge in [-0.15, -0.1) is 0 Å². The molecule has 2 aromatic heterocycles. The van der Waals surface area contributed by atoms with Crippen molar-refractivity contribution in [3.05, 3.63) is 44.9 Å². The number of nitrogens with two attached hydrogens (primary N) is 1. The highest BCUT2D eigenvalue weighted by molar-refractivity contribution is 9.10. The number of rotatable bonds is 3. The van der Waals surface area contributed by atoms with Crippen molar-refractivity contribution in [3.8, 4) is 0 Å². The van der Waals surface area contributed by atoms with E-state index in [1.165, 1.54) is 0 Å². The monoisotopic (exact) mass is 358 g/mol. The molecule has 1 atom stereocenters. The van der Waals surface area contributed by atoms with E-state index in [9.17, 15) is 0 Å². The minimum Gasteiger partial charge on any atom is -0.318 e. The molecule has 0 aromatic carbocycles. The van der Waals surface area contributed by atoms with Gasteiger partial charge in [0, 0.05) is 17.2 Å². The highest BCUT2D eigenvalue weighted by Gasteiger charge is 2.20. The van der Waals surface area contributed by atoms with Crippen molar-refractivity contribution >= 4 is 31.9 Å². The predicted molar refractivity (Wildman–Crippen MR) is 73.6 cm³/mol. The lowest BCUT2D eigenvalue weighted by atomic mass is 10.1. The van der Waals surface area contributed by atoms with Gasteiger partial charge >= 0.3 is 0 Å². The standard InChI is InChI=1S/C11H12Br2N4/c1-2-17-11(8(13)6-16-17)9(14)10-7(12)4-3-5-15-10/h3-6,9H,2,14H2,1H3. The van der Waals surface area contributed by atoms with Gasteiger partial charge in [0.2, 0.25) is 0 Å². The van der Waals surface area contributed by atoms with E-state index in [2.05, 4.69) is 41.9 Å². The molecule has 0 aliphatic heterocycles. The lowest BCUT2D eigenvalue weighted by Crippen LogP contribution is -2.19. The van der Waals surface area contributed by atoms with Crippen molar-refractivity contribution in [2.45, 2.75) is 19.5 Å². The number of halogens is 2. The molecule has 0 aliphatic rings. The van der Waals surface area contributed by atoms with Crippen molar-refractivity contribution in [1.82, 2.24) is 14.8 Å². The first-order valence-electron chi connectivity index (χ1n) is 5.22. The quantitative estimate of drug-likeness (QED) is 0.916. The Kier molecular flexibility index (Phi) is 3.96. The molecule has 90 valence electrons. The summed E-state index contributed by atoms with van der Waals surface area (Å²) in [6, 6.07) is 3.50. The molecule has 1 unspecified atom stereocenters. The van der Waals surface area contributed by atoms with E-state index >= 15 is 0 Å². The first-order chi connectivity index (χ1) is 8.15. The number of aryl methyl sites for hydroxylation is 1. The van der Waals surface area contributed by atoms with Crippen LogP contribution in [0.3, 0.4) is 0 Å². The first kappa shape index (κ1) is 12.7. The molecule has 17 heavy (non-hydrogen) atoms. The Balaban J connectivity index is 2.47. The van der Waals surface area contributed by atoms with Gasteiger partial charge in [0.15, 0.2) is 0 Å². The average molecular weight is 360 g/mol.